The molecule has 3 N–H and O–H groups in total. The van der Waals surface area contributed by atoms with Gasteiger partial charge in [-0.25, -0.2) is 0 Å². The average Bonchev–Trinajstić information content (AvgIpc) is 3.24. The van der Waals surface area contributed by atoms with Crippen LogP contribution in [0.25, 0.3) is 0 Å². The van der Waals surface area contributed by atoms with Crippen LogP contribution in [0.3, 0.4) is 0 Å². The van der Waals surface area contributed by atoms with Crippen LogP contribution in [0.4, 0.5) is 0 Å². The Kier molecular flexibility index (Phi) is 5.60. The Labute approximate surface area is 127 Å². The van der Waals surface area contributed by atoms with E-state index >= 15 is 0 Å². The molecular formula is C15H29N3O3. The van der Waals surface area contributed by atoms with Gasteiger partial charge in [-0.1, -0.05) is 6.92 Å². The molecule has 3 atom stereocenters. The molecule has 0 bridgehead atoms. The van der Waals surface area contributed by atoms with Crippen molar-refractivity contribution in [3.8, 4) is 0 Å². The second-order valence-corrected chi connectivity index (χ2v) is 6.28. The van der Waals surface area contributed by atoms with Gasteiger partial charge in [0.15, 0.2) is 0 Å². The number of hydrogen-bond donors (Lipinski definition) is 2. The highest BCUT2D eigenvalue weighted by Crippen LogP contribution is 2.40. The zero-order valence-corrected chi connectivity index (χ0v) is 13.4. The van der Waals surface area contributed by atoms with Gasteiger partial charge in [-0.2, -0.15) is 0 Å². The third-order valence-electron chi connectivity index (χ3n) is 4.77. The van der Waals surface area contributed by atoms with Crippen LogP contribution in [0.1, 0.15) is 26.2 Å². The number of amides is 1. The first-order valence-corrected chi connectivity index (χ1v) is 7.90. The van der Waals surface area contributed by atoms with Crippen LogP contribution >= 0.6 is 0 Å². The highest BCUT2D eigenvalue weighted by molar-refractivity contribution is 5.86. The van der Waals surface area contributed by atoms with Crippen LogP contribution in [-0.2, 0) is 14.3 Å². The van der Waals surface area contributed by atoms with Crippen LogP contribution in [0.5, 0.6) is 0 Å². The Morgan fingerprint density at radius 1 is 1.29 bits per heavy atom. The molecule has 0 aromatic carbocycles. The summed E-state index contributed by atoms with van der Waals surface area (Å²) in [5, 5.41) is 3.44. The van der Waals surface area contributed by atoms with Gasteiger partial charge in [0.2, 0.25) is 5.91 Å². The Balaban J connectivity index is 2.06. The number of carbonyl (C=O) groups excluding carboxylic acids is 1. The Bertz CT molecular complexity index is 350. The molecule has 0 aromatic rings. The van der Waals surface area contributed by atoms with E-state index in [1.165, 1.54) is 0 Å². The summed E-state index contributed by atoms with van der Waals surface area (Å²) in [6, 6.07) is 0. The molecule has 0 radical (unpaired) electrons. The van der Waals surface area contributed by atoms with Crippen LogP contribution in [0.2, 0.25) is 0 Å². The van der Waals surface area contributed by atoms with Gasteiger partial charge in [-0.05, 0) is 31.7 Å². The highest BCUT2D eigenvalue weighted by Gasteiger charge is 2.51. The van der Waals surface area contributed by atoms with E-state index in [2.05, 4.69) is 17.1 Å². The van der Waals surface area contributed by atoms with Crippen molar-refractivity contribution >= 4 is 5.91 Å². The second-order valence-electron chi connectivity index (χ2n) is 6.28. The molecule has 1 heterocycles. The molecule has 0 aromatic heterocycles. The minimum Gasteiger partial charge on any atom is -0.377 e. The Morgan fingerprint density at radius 3 is 2.24 bits per heavy atom. The zero-order valence-electron chi connectivity index (χ0n) is 13.4. The van der Waals surface area contributed by atoms with Crippen molar-refractivity contribution in [2.75, 3.05) is 40.4 Å². The number of nitrogens with one attached hydrogen (secondary N) is 1. The predicted octanol–water partition coefficient (Wildman–Crippen LogP) is -0.0343. The molecule has 0 spiro atoms. The first kappa shape index (κ1) is 16.7. The summed E-state index contributed by atoms with van der Waals surface area (Å²) in [6.07, 6.45) is 3.27. The third kappa shape index (κ3) is 3.56. The summed E-state index contributed by atoms with van der Waals surface area (Å²) in [7, 11) is 3.41. The van der Waals surface area contributed by atoms with E-state index in [4.69, 9.17) is 15.2 Å². The number of nitrogens with zero attached hydrogens (tertiary/aromatic N) is 1. The van der Waals surface area contributed by atoms with Gasteiger partial charge in [0, 0.05) is 33.9 Å². The molecule has 1 aliphatic heterocycles. The SMILES string of the molecule is CCCNC(CN1CC(OC)C(OC)C1)(C(N)=O)C1CC1. The molecule has 2 fully saturated rings. The summed E-state index contributed by atoms with van der Waals surface area (Å²) < 4.78 is 10.9. The van der Waals surface area contributed by atoms with Crippen molar-refractivity contribution in [3.05, 3.63) is 0 Å². The zero-order chi connectivity index (χ0) is 15.5. The number of hydrogen-bond acceptors (Lipinski definition) is 5. The second kappa shape index (κ2) is 7.05. The number of carbonyl (C=O) groups is 1. The maximum Gasteiger partial charge on any atom is 0.239 e. The Hall–Kier alpha value is -0.690. The van der Waals surface area contributed by atoms with E-state index in [0.717, 1.165) is 38.9 Å². The van der Waals surface area contributed by atoms with Crippen molar-refractivity contribution < 1.29 is 14.3 Å². The molecule has 6 nitrogen and oxygen atoms in total. The normalized spacial score (nSPS) is 29.5. The first-order valence-electron chi connectivity index (χ1n) is 7.90. The molecular weight excluding hydrogens is 270 g/mol. The van der Waals surface area contributed by atoms with E-state index < -0.39 is 5.54 Å². The summed E-state index contributed by atoms with van der Waals surface area (Å²) in [6.45, 7) is 5.12. The predicted molar refractivity (Wildman–Crippen MR) is 81.0 cm³/mol. The summed E-state index contributed by atoms with van der Waals surface area (Å²) in [4.78, 5) is 14.4. The van der Waals surface area contributed by atoms with Crippen molar-refractivity contribution in [1.82, 2.24) is 10.2 Å². The van der Waals surface area contributed by atoms with Crippen LogP contribution in [-0.4, -0.2) is 69.0 Å². The maximum absolute atomic E-state index is 12.2. The standard InChI is InChI=1S/C15H29N3O3/c1-4-7-17-15(14(16)19,11-5-6-11)10-18-8-12(20-2)13(9-18)21-3/h11-13,17H,4-10H2,1-3H3,(H2,16,19). The van der Waals surface area contributed by atoms with Crippen LogP contribution in [0, 0.1) is 5.92 Å². The smallest absolute Gasteiger partial charge is 0.239 e. The molecule has 1 saturated heterocycles. The lowest BCUT2D eigenvalue weighted by atomic mass is 9.91. The van der Waals surface area contributed by atoms with Crippen molar-refractivity contribution in [3.63, 3.8) is 0 Å². The molecule has 3 unspecified atom stereocenters. The van der Waals surface area contributed by atoms with E-state index in [1.807, 2.05) is 0 Å². The number of ether oxygens (including phenoxy) is 2. The van der Waals surface area contributed by atoms with Crippen molar-refractivity contribution in [2.24, 2.45) is 11.7 Å². The minimum atomic E-state index is -0.600. The number of primary amides is 1. The average molecular weight is 299 g/mol. The van der Waals surface area contributed by atoms with Gasteiger partial charge < -0.3 is 20.5 Å². The van der Waals surface area contributed by atoms with Gasteiger partial charge in [0.05, 0.1) is 12.2 Å². The fraction of sp³-hybridized carbons (Fsp3) is 0.933. The largest absolute Gasteiger partial charge is 0.377 e. The fourth-order valence-corrected chi connectivity index (χ4v) is 3.37. The van der Waals surface area contributed by atoms with Crippen LogP contribution < -0.4 is 11.1 Å². The first-order chi connectivity index (χ1) is 10.1. The number of methoxy groups -OCH3 is 2. The molecule has 21 heavy (non-hydrogen) atoms. The van der Waals surface area contributed by atoms with Gasteiger partial charge >= 0.3 is 0 Å². The summed E-state index contributed by atoms with van der Waals surface area (Å²) >= 11 is 0. The lowest BCUT2D eigenvalue weighted by molar-refractivity contribution is -0.126. The quantitative estimate of drug-likeness (QED) is 0.625. The molecule has 1 aliphatic carbocycles. The van der Waals surface area contributed by atoms with Gasteiger partial charge in [0.1, 0.15) is 5.54 Å². The number of rotatable bonds is 9. The monoisotopic (exact) mass is 299 g/mol. The van der Waals surface area contributed by atoms with Gasteiger partial charge in [-0.15, -0.1) is 0 Å². The molecule has 2 rings (SSSR count). The van der Waals surface area contributed by atoms with Gasteiger partial charge in [0.25, 0.3) is 0 Å². The van der Waals surface area contributed by atoms with E-state index in [0.29, 0.717) is 12.5 Å². The molecule has 2 aliphatic rings. The molecule has 1 saturated carbocycles. The lowest BCUT2D eigenvalue weighted by Crippen LogP contribution is -2.63. The fourth-order valence-electron chi connectivity index (χ4n) is 3.37. The van der Waals surface area contributed by atoms with Crippen molar-refractivity contribution in [2.45, 2.75) is 43.9 Å². The van der Waals surface area contributed by atoms with Crippen LogP contribution in [0.15, 0.2) is 0 Å². The molecule has 1 amide bonds. The summed E-state index contributed by atoms with van der Waals surface area (Å²) in [5.41, 5.74) is 5.17. The van der Waals surface area contributed by atoms with E-state index in [9.17, 15) is 4.79 Å². The van der Waals surface area contributed by atoms with E-state index in [-0.39, 0.29) is 18.1 Å². The maximum atomic E-state index is 12.2. The lowest BCUT2D eigenvalue weighted by Gasteiger charge is -2.35. The summed E-state index contributed by atoms with van der Waals surface area (Å²) in [5.74, 6) is 0.137. The molecule has 122 valence electrons. The molecule has 6 heteroatoms. The number of likely N-dealkylation sites (tertiary alicyclic amines) is 1. The third-order valence-corrected chi connectivity index (χ3v) is 4.77. The van der Waals surface area contributed by atoms with E-state index in [1.54, 1.807) is 14.2 Å². The minimum absolute atomic E-state index is 0.0611. The highest BCUT2D eigenvalue weighted by atomic mass is 16.5. The number of nitrogens with two attached hydrogens (primary N) is 1. The van der Waals surface area contributed by atoms with Gasteiger partial charge in [-0.3, -0.25) is 9.69 Å². The van der Waals surface area contributed by atoms with Crippen molar-refractivity contribution in [1.29, 1.82) is 0 Å². The Morgan fingerprint density at radius 2 is 1.86 bits per heavy atom. The topological polar surface area (TPSA) is 76.8 Å².